The van der Waals surface area contributed by atoms with E-state index in [-0.39, 0.29) is 26.8 Å². The van der Waals surface area contributed by atoms with E-state index in [0.29, 0.717) is 22.9 Å². The molecule has 0 unspecified atom stereocenters. The van der Waals surface area contributed by atoms with E-state index in [4.69, 9.17) is 9.47 Å². The minimum Gasteiger partial charge on any atom is -0.506 e. The van der Waals surface area contributed by atoms with E-state index >= 15 is 0 Å². The SMILES string of the molecule is COc1ccc(-n2c3[c-]c(Oc4ccc5cccc(O)c5n4)ccc3c3ccccc32)nc1.[Pt]. The maximum absolute atomic E-state index is 10.1. The van der Waals surface area contributed by atoms with Crippen LogP contribution in [0.3, 0.4) is 0 Å². The molecule has 6 rings (SSSR count). The van der Waals surface area contributed by atoms with Crippen molar-refractivity contribution in [1.29, 1.82) is 0 Å². The van der Waals surface area contributed by atoms with Crippen LogP contribution in [0.15, 0.2) is 85.1 Å². The zero-order chi connectivity index (χ0) is 22.4. The topological polar surface area (TPSA) is 69.4 Å². The third kappa shape index (κ3) is 3.66. The van der Waals surface area contributed by atoms with Crippen LogP contribution < -0.4 is 9.47 Å². The number of hydrogen-bond donors (Lipinski definition) is 1. The summed E-state index contributed by atoms with van der Waals surface area (Å²) in [6, 6.07) is 28.2. The molecule has 0 aliphatic carbocycles. The van der Waals surface area contributed by atoms with Crippen molar-refractivity contribution < 1.29 is 35.6 Å². The smallest absolute Gasteiger partial charge is 0.217 e. The average Bonchev–Trinajstić information content (AvgIpc) is 3.18. The predicted octanol–water partition coefficient (Wildman–Crippen LogP) is 6.03. The third-order valence-corrected chi connectivity index (χ3v) is 5.63. The van der Waals surface area contributed by atoms with Crippen LogP contribution in [0, 0.1) is 6.07 Å². The summed E-state index contributed by atoms with van der Waals surface area (Å²) in [6.45, 7) is 0. The quantitative estimate of drug-likeness (QED) is 0.242. The first-order valence-corrected chi connectivity index (χ1v) is 10.4. The fourth-order valence-electron chi connectivity index (χ4n) is 4.08. The molecule has 0 saturated heterocycles. The molecule has 6 aromatic rings. The van der Waals surface area contributed by atoms with Crippen LogP contribution in [0.2, 0.25) is 0 Å². The standard InChI is InChI=1S/C27H18N3O3.Pt/c1-32-19-11-13-25(28-16-19)30-22-7-3-2-6-20(22)21-12-10-18(15-23(21)30)33-26-14-9-17-5-4-8-24(31)27(17)29-26;/h2-14,16,31H,1H3;/q-1;. The van der Waals surface area contributed by atoms with E-state index in [2.05, 4.69) is 32.7 Å². The Morgan fingerprint density at radius 3 is 2.59 bits per heavy atom. The van der Waals surface area contributed by atoms with Crippen LogP contribution >= 0.6 is 0 Å². The van der Waals surface area contributed by atoms with Crippen molar-refractivity contribution in [2.75, 3.05) is 7.11 Å². The van der Waals surface area contributed by atoms with Crippen LogP contribution in [-0.2, 0) is 21.1 Å². The number of ether oxygens (including phenoxy) is 2. The largest absolute Gasteiger partial charge is 0.506 e. The maximum atomic E-state index is 10.1. The zero-order valence-electron chi connectivity index (χ0n) is 18.0. The molecule has 0 aliphatic heterocycles. The van der Waals surface area contributed by atoms with Crippen LogP contribution in [0.25, 0.3) is 38.5 Å². The Morgan fingerprint density at radius 1 is 0.882 bits per heavy atom. The molecule has 0 spiro atoms. The molecule has 34 heavy (non-hydrogen) atoms. The molecule has 0 radical (unpaired) electrons. The molecule has 3 aromatic carbocycles. The molecule has 7 heteroatoms. The molecule has 0 amide bonds. The number of benzene rings is 3. The summed E-state index contributed by atoms with van der Waals surface area (Å²) in [5.41, 5.74) is 2.36. The normalized spacial score (nSPS) is 11.0. The molecule has 0 atom stereocenters. The molecule has 170 valence electrons. The Morgan fingerprint density at radius 2 is 1.76 bits per heavy atom. The molecule has 0 saturated carbocycles. The van der Waals surface area contributed by atoms with Gasteiger partial charge in [-0.25, -0.2) is 9.97 Å². The Hall–Kier alpha value is -3.89. The van der Waals surface area contributed by atoms with Crippen molar-refractivity contribution in [1.82, 2.24) is 14.5 Å². The van der Waals surface area contributed by atoms with Crippen LogP contribution in [0.5, 0.6) is 23.1 Å². The Balaban J connectivity index is 0.00000241. The zero-order valence-corrected chi connectivity index (χ0v) is 20.3. The molecule has 0 fully saturated rings. The van der Waals surface area contributed by atoms with Gasteiger partial charge in [-0.15, -0.1) is 17.5 Å². The van der Waals surface area contributed by atoms with Crippen molar-refractivity contribution >= 4 is 32.7 Å². The number of methoxy groups -OCH3 is 1. The molecular weight excluding hydrogens is 609 g/mol. The van der Waals surface area contributed by atoms with Gasteiger partial charge in [0.2, 0.25) is 5.88 Å². The van der Waals surface area contributed by atoms with Gasteiger partial charge in [-0.2, -0.15) is 6.07 Å². The maximum Gasteiger partial charge on any atom is 0.217 e. The van der Waals surface area contributed by atoms with Gasteiger partial charge in [0.15, 0.2) is 0 Å². The van der Waals surface area contributed by atoms with Gasteiger partial charge in [-0.1, -0.05) is 35.8 Å². The molecule has 0 bridgehead atoms. The molecule has 1 N–H and O–H groups in total. The summed E-state index contributed by atoms with van der Waals surface area (Å²) in [5, 5.41) is 13.1. The van der Waals surface area contributed by atoms with Crippen molar-refractivity contribution in [3.8, 4) is 28.9 Å². The Labute approximate surface area is 209 Å². The Kier molecular flexibility index (Phi) is 5.68. The number of phenols is 1. The third-order valence-electron chi connectivity index (χ3n) is 5.63. The minimum atomic E-state index is 0. The number of aromatic nitrogens is 3. The number of pyridine rings is 2. The van der Waals surface area contributed by atoms with E-state index in [9.17, 15) is 5.11 Å². The number of fused-ring (bicyclic) bond motifs is 4. The van der Waals surface area contributed by atoms with E-state index in [0.717, 1.165) is 33.0 Å². The second kappa shape index (κ2) is 8.80. The predicted molar refractivity (Wildman–Crippen MR) is 127 cm³/mol. The number of para-hydroxylation sites is 2. The summed E-state index contributed by atoms with van der Waals surface area (Å²) >= 11 is 0. The van der Waals surface area contributed by atoms with Gasteiger partial charge in [0.05, 0.1) is 13.3 Å². The van der Waals surface area contributed by atoms with E-state index in [1.54, 1.807) is 31.5 Å². The average molecular weight is 628 g/mol. The van der Waals surface area contributed by atoms with Gasteiger partial charge in [0.25, 0.3) is 0 Å². The van der Waals surface area contributed by atoms with Gasteiger partial charge in [0.1, 0.15) is 22.8 Å². The van der Waals surface area contributed by atoms with E-state index in [1.807, 2.05) is 48.5 Å². The van der Waals surface area contributed by atoms with Crippen LogP contribution in [0.4, 0.5) is 0 Å². The molecule has 0 aliphatic rings. The Bertz CT molecular complexity index is 1650. The first-order chi connectivity index (χ1) is 16.2. The number of rotatable bonds is 4. The summed E-state index contributed by atoms with van der Waals surface area (Å²) in [4.78, 5) is 9.05. The molecule has 6 nitrogen and oxygen atoms in total. The van der Waals surface area contributed by atoms with E-state index in [1.165, 1.54) is 0 Å². The molecule has 3 heterocycles. The van der Waals surface area contributed by atoms with Crippen LogP contribution in [-0.4, -0.2) is 26.8 Å². The van der Waals surface area contributed by atoms with Crippen molar-refractivity contribution in [2.24, 2.45) is 0 Å². The molecule has 3 aromatic heterocycles. The van der Waals surface area contributed by atoms with Crippen molar-refractivity contribution in [3.05, 3.63) is 91.1 Å². The fourth-order valence-corrected chi connectivity index (χ4v) is 4.08. The molecular formula is C27H18N3O3Pt-. The fraction of sp³-hybridized carbons (Fsp3) is 0.0370. The number of nitrogens with zero attached hydrogens (tertiary/aromatic N) is 3. The van der Waals surface area contributed by atoms with Crippen molar-refractivity contribution in [3.63, 3.8) is 0 Å². The summed E-state index contributed by atoms with van der Waals surface area (Å²) in [7, 11) is 1.62. The monoisotopic (exact) mass is 627 g/mol. The summed E-state index contributed by atoms with van der Waals surface area (Å²) in [6.07, 6.45) is 1.70. The first-order valence-electron chi connectivity index (χ1n) is 10.4. The second-order valence-electron chi connectivity index (χ2n) is 7.59. The first kappa shape index (κ1) is 21.9. The summed E-state index contributed by atoms with van der Waals surface area (Å²) < 4.78 is 13.4. The van der Waals surface area contributed by atoms with Gasteiger partial charge < -0.3 is 19.1 Å². The van der Waals surface area contributed by atoms with Gasteiger partial charge in [-0.3, -0.25) is 0 Å². The minimum absolute atomic E-state index is 0. The van der Waals surface area contributed by atoms with E-state index < -0.39 is 0 Å². The summed E-state index contributed by atoms with van der Waals surface area (Å²) in [5.74, 6) is 2.46. The van der Waals surface area contributed by atoms with Crippen molar-refractivity contribution in [2.45, 2.75) is 0 Å². The van der Waals surface area contributed by atoms with Gasteiger partial charge >= 0.3 is 0 Å². The number of hydrogen-bond acceptors (Lipinski definition) is 5. The second-order valence-corrected chi connectivity index (χ2v) is 7.59. The number of aromatic hydroxyl groups is 1. The number of phenolic OH excluding ortho intramolecular Hbond substituents is 1. The van der Waals surface area contributed by atoms with Crippen LogP contribution in [0.1, 0.15) is 0 Å². The van der Waals surface area contributed by atoms with Gasteiger partial charge in [-0.05, 0) is 35.7 Å². The van der Waals surface area contributed by atoms with Gasteiger partial charge in [0, 0.05) is 43.8 Å².